The van der Waals surface area contributed by atoms with Crippen molar-refractivity contribution in [2.45, 2.75) is 22.8 Å². The zero-order valence-corrected chi connectivity index (χ0v) is 11.8. The van der Waals surface area contributed by atoms with Crippen LogP contribution in [0.15, 0.2) is 57.0 Å². The van der Waals surface area contributed by atoms with Gasteiger partial charge in [0.1, 0.15) is 0 Å². The van der Waals surface area contributed by atoms with Gasteiger partial charge in [0.15, 0.2) is 0 Å². The number of hydrogen-bond donors (Lipinski definition) is 1. The summed E-state index contributed by atoms with van der Waals surface area (Å²) in [6, 6.07) is 10.2. The Morgan fingerprint density at radius 3 is 2.59 bits per heavy atom. The minimum Gasteiger partial charge on any atom is -0.324 e. The molecule has 0 radical (unpaired) electrons. The molecule has 0 bridgehead atoms. The van der Waals surface area contributed by atoms with E-state index in [9.17, 15) is 0 Å². The van der Waals surface area contributed by atoms with E-state index >= 15 is 0 Å². The van der Waals surface area contributed by atoms with E-state index in [1.165, 1.54) is 9.79 Å². The first kappa shape index (κ1) is 12.6. The highest BCUT2D eigenvalue weighted by atomic mass is 79.9. The fourth-order valence-corrected chi connectivity index (χ4v) is 2.89. The second-order valence-corrected chi connectivity index (χ2v) is 5.79. The van der Waals surface area contributed by atoms with Crippen molar-refractivity contribution < 1.29 is 0 Å². The molecule has 0 aliphatic rings. The monoisotopic (exact) mass is 308 g/mol. The van der Waals surface area contributed by atoms with E-state index < -0.39 is 0 Å². The molecule has 0 aliphatic carbocycles. The van der Waals surface area contributed by atoms with E-state index in [1.807, 2.05) is 25.1 Å². The van der Waals surface area contributed by atoms with Gasteiger partial charge in [-0.3, -0.25) is 4.98 Å². The SMILES string of the molecule is CC(N)c1cc(Br)ccc1Sc1ccncc1. The Hall–Kier alpha value is -0.840. The first-order valence-electron chi connectivity index (χ1n) is 5.30. The van der Waals surface area contributed by atoms with Gasteiger partial charge in [-0.1, -0.05) is 27.7 Å². The second kappa shape index (κ2) is 5.67. The van der Waals surface area contributed by atoms with Crippen LogP contribution in [-0.2, 0) is 0 Å². The van der Waals surface area contributed by atoms with Crippen LogP contribution in [0.25, 0.3) is 0 Å². The van der Waals surface area contributed by atoms with Gasteiger partial charge in [0.2, 0.25) is 0 Å². The maximum Gasteiger partial charge on any atom is 0.0279 e. The average Bonchev–Trinajstić information content (AvgIpc) is 2.32. The number of rotatable bonds is 3. The van der Waals surface area contributed by atoms with Crippen molar-refractivity contribution in [2.75, 3.05) is 0 Å². The fourth-order valence-electron chi connectivity index (χ4n) is 1.50. The summed E-state index contributed by atoms with van der Waals surface area (Å²) in [4.78, 5) is 6.37. The summed E-state index contributed by atoms with van der Waals surface area (Å²) in [5.74, 6) is 0. The lowest BCUT2D eigenvalue weighted by atomic mass is 10.1. The number of benzene rings is 1. The third-order valence-corrected chi connectivity index (χ3v) is 3.93. The number of nitrogens with two attached hydrogens (primary N) is 1. The Bertz CT molecular complexity index is 500. The summed E-state index contributed by atoms with van der Waals surface area (Å²) in [5.41, 5.74) is 7.14. The van der Waals surface area contributed by atoms with E-state index in [4.69, 9.17) is 5.73 Å². The van der Waals surface area contributed by atoms with Gasteiger partial charge in [-0.05, 0) is 42.8 Å². The molecular weight excluding hydrogens is 296 g/mol. The molecule has 2 N–H and O–H groups in total. The molecule has 0 saturated heterocycles. The molecule has 0 fully saturated rings. The van der Waals surface area contributed by atoms with Crippen molar-refractivity contribution in [2.24, 2.45) is 5.73 Å². The third-order valence-electron chi connectivity index (χ3n) is 2.34. The van der Waals surface area contributed by atoms with Crippen LogP contribution in [0.4, 0.5) is 0 Å². The van der Waals surface area contributed by atoms with Gasteiger partial charge >= 0.3 is 0 Å². The van der Waals surface area contributed by atoms with Crippen LogP contribution in [0.1, 0.15) is 18.5 Å². The summed E-state index contributed by atoms with van der Waals surface area (Å²) in [5, 5.41) is 0. The summed E-state index contributed by atoms with van der Waals surface area (Å²) in [7, 11) is 0. The van der Waals surface area contributed by atoms with Crippen molar-refractivity contribution in [3.8, 4) is 0 Å². The molecule has 2 rings (SSSR count). The van der Waals surface area contributed by atoms with Crippen LogP contribution >= 0.6 is 27.7 Å². The molecule has 1 heterocycles. The quantitative estimate of drug-likeness (QED) is 0.931. The summed E-state index contributed by atoms with van der Waals surface area (Å²) in [6.45, 7) is 2.00. The van der Waals surface area contributed by atoms with Gasteiger partial charge in [-0.15, -0.1) is 0 Å². The first-order chi connectivity index (χ1) is 8.16. The lowest BCUT2D eigenvalue weighted by Gasteiger charge is -2.12. The zero-order valence-electron chi connectivity index (χ0n) is 9.43. The highest BCUT2D eigenvalue weighted by Crippen LogP contribution is 2.33. The van der Waals surface area contributed by atoms with Crippen LogP contribution in [0, 0.1) is 0 Å². The standard InChI is InChI=1S/C13H13BrN2S/c1-9(15)12-8-10(14)2-3-13(12)17-11-4-6-16-7-5-11/h2-9H,15H2,1H3. The summed E-state index contributed by atoms with van der Waals surface area (Å²) < 4.78 is 1.06. The highest BCUT2D eigenvalue weighted by Gasteiger charge is 2.08. The van der Waals surface area contributed by atoms with Crippen molar-refractivity contribution >= 4 is 27.7 Å². The minimum atomic E-state index is 0.0248. The van der Waals surface area contributed by atoms with Gasteiger partial charge < -0.3 is 5.73 Å². The van der Waals surface area contributed by atoms with Gasteiger partial charge in [-0.25, -0.2) is 0 Å². The van der Waals surface area contributed by atoms with E-state index in [0.29, 0.717) is 0 Å². The summed E-state index contributed by atoms with van der Waals surface area (Å²) in [6.07, 6.45) is 3.60. The van der Waals surface area contributed by atoms with Crippen molar-refractivity contribution in [1.29, 1.82) is 0 Å². The van der Waals surface area contributed by atoms with Gasteiger partial charge in [0.25, 0.3) is 0 Å². The lowest BCUT2D eigenvalue weighted by Crippen LogP contribution is -2.06. The van der Waals surface area contributed by atoms with Crippen LogP contribution in [0.5, 0.6) is 0 Å². The Labute approximate surface area is 114 Å². The normalized spacial score (nSPS) is 12.4. The van der Waals surface area contributed by atoms with E-state index in [2.05, 4.69) is 33.0 Å². The smallest absolute Gasteiger partial charge is 0.0279 e. The molecule has 2 nitrogen and oxygen atoms in total. The van der Waals surface area contributed by atoms with Crippen molar-refractivity contribution in [3.05, 3.63) is 52.8 Å². The molecule has 2 aromatic rings. The molecule has 0 amide bonds. The Morgan fingerprint density at radius 2 is 1.94 bits per heavy atom. The number of nitrogens with zero attached hydrogens (tertiary/aromatic N) is 1. The molecule has 88 valence electrons. The third kappa shape index (κ3) is 3.31. The second-order valence-electron chi connectivity index (χ2n) is 3.76. The Kier molecular flexibility index (Phi) is 4.20. The predicted octanol–water partition coefficient (Wildman–Crippen LogP) is 4.02. The van der Waals surface area contributed by atoms with E-state index in [-0.39, 0.29) is 6.04 Å². The molecule has 1 atom stereocenters. The number of hydrogen-bond acceptors (Lipinski definition) is 3. The number of aromatic nitrogens is 1. The fraction of sp³-hybridized carbons (Fsp3) is 0.154. The molecule has 17 heavy (non-hydrogen) atoms. The van der Waals surface area contributed by atoms with Crippen LogP contribution < -0.4 is 5.73 Å². The topological polar surface area (TPSA) is 38.9 Å². The molecule has 1 aromatic carbocycles. The van der Waals surface area contributed by atoms with Crippen LogP contribution in [-0.4, -0.2) is 4.98 Å². The van der Waals surface area contributed by atoms with Crippen molar-refractivity contribution in [1.82, 2.24) is 4.98 Å². The predicted molar refractivity (Wildman–Crippen MR) is 75.1 cm³/mol. The van der Waals surface area contributed by atoms with Gasteiger partial charge in [0, 0.05) is 32.7 Å². The number of halogens is 1. The maximum atomic E-state index is 5.99. The molecule has 1 aromatic heterocycles. The van der Waals surface area contributed by atoms with Gasteiger partial charge in [0.05, 0.1) is 0 Å². The molecule has 0 aliphatic heterocycles. The minimum absolute atomic E-state index is 0.0248. The first-order valence-corrected chi connectivity index (χ1v) is 6.90. The maximum absolute atomic E-state index is 5.99. The largest absolute Gasteiger partial charge is 0.324 e. The number of pyridine rings is 1. The Morgan fingerprint density at radius 1 is 1.24 bits per heavy atom. The summed E-state index contributed by atoms with van der Waals surface area (Å²) >= 11 is 5.19. The Balaban J connectivity index is 2.33. The molecule has 1 unspecified atom stereocenters. The van der Waals surface area contributed by atoms with E-state index in [0.717, 1.165) is 10.0 Å². The average molecular weight is 309 g/mol. The molecule has 4 heteroatoms. The van der Waals surface area contributed by atoms with Crippen molar-refractivity contribution in [3.63, 3.8) is 0 Å². The molecule has 0 spiro atoms. The van der Waals surface area contributed by atoms with Crippen LogP contribution in [0.2, 0.25) is 0 Å². The van der Waals surface area contributed by atoms with Gasteiger partial charge in [-0.2, -0.15) is 0 Å². The lowest BCUT2D eigenvalue weighted by molar-refractivity contribution is 0.796. The molecular formula is C13H13BrN2S. The highest BCUT2D eigenvalue weighted by molar-refractivity contribution is 9.10. The van der Waals surface area contributed by atoms with Crippen LogP contribution in [0.3, 0.4) is 0 Å². The molecule has 0 saturated carbocycles. The van der Waals surface area contributed by atoms with E-state index in [1.54, 1.807) is 24.2 Å². The zero-order chi connectivity index (χ0) is 12.3.